The Kier molecular flexibility index (Phi) is 6.99. The van der Waals surface area contributed by atoms with Crippen molar-refractivity contribution < 1.29 is 14.3 Å². The van der Waals surface area contributed by atoms with Crippen LogP contribution in [0.5, 0.6) is 5.75 Å². The van der Waals surface area contributed by atoms with Crippen molar-refractivity contribution in [1.82, 2.24) is 0 Å². The molecule has 0 unspecified atom stereocenters. The Bertz CT molecular complexity index is 777. The summed E-state index contributed by atoms with van der Waals surface area (Å²) in [5.41, 5.74) is 3.63. The van der Waals surface area contributed by atoms with Crippen LogP contribution in [0.2, 0.25) is 0 Å². The molecule has 0 aliphatic carbocycles. The number of aryl methyl sites for hydroxylation is 2. The molecule has 0 radical (unpaired) electrons. The van der Waals surface area contributed by atoms with Crippen molar-refractivity contribution in [2.45, 2.75) is 47.1 Å². The monoisotopic (exact) mass is 368 g/mol. The van der Waals surface area contributed by atoms with Gasteiger partial charge in [-0.1, -0.05) is 18.2 Å². The topological polar surface area (TPSA) is 58.6 Å². The van der Waals surface area contributed by atoms with Crippen LogP contribution in [0.15, 0.2) is 42.5 Å². The molecule has 0 bridgehead atoms. The number of carbonyl (C=O) groups excluding carboxylic acids is 2. The Morgan fingerprint density at radius 1 is 1.04 bits per heavy atom. The van der Waals surface area contributed by atoms with Gasteiger partial charge in [0, 0.05) is 31.3 Å². The first-order valence-corrected chi connectivity index (χ1v) is 9.19. The van der Waals surface area contributed by atoms with Gasteiger partial charge in [-0.25, -0.2) is 0 Å². The number of rotatable bonds is 7. The molecule has 2 rings (SSSR count). The molecule has 5 heteroatoms. The lowest BCUT2D eigenvalue weighted by Gasteiger charge is -2.22. The second-order valence-electron chi connectivity index (χ2n) is 6.90. The molecule has 0 saturated carbocycles. The molecule has 1 N–H and O–H groups in total. The van der Waals surface area contributed by atoms with E-state index in [0.717, 1.165) is 28.3 Å². The van der Waals surface area contributed by atoms with Crippen molar-refractivity contribution in [3.05, 3.63) is 53.6 Å². The van der Waals surface area contributed by atoms with Gasteiger partial charge in [0.05, 0.1) is 6.10 Å². The van der Waals surface area contributed by atoms with E-state index >= 15 is 0 Å². The number of anilines is 2. The van der Waals surface area contributed by atoms with Gasteiger partial charge in [0.1, 0.15) is 5.75 Å². The number of nitrogens with one attached hydrogen (secondary N) is 1. The zero-order valence-electron chi connectivity index (χ0n) is 16.7. The van der Waals surface area contributed by atoms with Crippen LogP contribution in [0.25, 0.3) is 0 Å². The SMILES string of the molecule is CC(=O)N(CCC(=O)Nc1c(C)cccc1C)c1ccc(OC(C)C)cc1. The van der Waals surface area contributed by atoms with E-state index in [1.165, 1.54) is 6.92 Å². The largest absolute Gasteiger partial charge is 0.491 e. The van der Waals surface area contributed by atoms with Gasteiger partial charge in [0.15, 0.2) is 0 Å². The minimum atomic E-state index is -0.113. The predicted molar refractivity (Wildman–Crippen MR) is 109 cm³/mol. The molecule has 0 aliphatic heterocycles. The van der Waals surface area contributed by atoms with E-state index in [-0.39, 0.29) is 24.3 Å². The first-order valence-electron chi connectivity index (χ1n) is 9.19. The van der Waals surface area contributed by atoms with Crippen LogP contribution in [-0.2, 0) is 9.59 Å². The van der Waals surface area contributed by atoms with Crippen molar-refractivity contribution >= 4 is 23.2 Å². The molecule has 2 aromatic rings. The van der Waals surface area contributed by atoms with Crippen molar-refractivity contribution in [3.63, 3.8) is 0 Å². The van der Waals surface area contributed by atoms with Crippen LogP contribution in [0.4, 0.5) is 11.4 Å². The molecule has 0 atom stereocenters. The van der Waals surface area contributed by atoms with Crippen molar-refractivity contribution in [2.24, 2.45) is 0 Å². The number of ether oxygens (including phenoxy) is 1. The molecule has 0 heterocycles. The van der Waals surface area contributed by atoms with Crippen LogP contribution in [0.1, 0.15) is 38.3 Å². The normalized spacial score (nSPS) is 10.6. The summed E-state index contributed by atoms with van der Waals surface area (Å²) in [6.45, 7) is 9.67. The maximum atomic E-state index is 12.4. The number of hydrogen-bond donors (Lipinski definition) is 1. The van der Waals surface area contributed by atoms with Crippen LogP contribution >= 0.6 is 0 Å². The maximum absolute atomic E-state index is 12.4. The fourth-order valence-corrected chi connectivity index (χ4v) is 2.87. The quantitative estimate of drug-likeness (QED) is 0.784. The minimum Gasteiger partial charge on any atom is -0.491 e. The van der Waals surface area contributed by atoms with E-state index in [9.17, 15) is 9.59 Å². The fourth-order valence-electron chi connectivity index (χ4n) is 2.87. The summed E-state index contributed by atoms with van der Waals surface area (Å²) >= 11 is 0. The van der Waals surface area contributed by atoms with E-state index in [1.807, 2.05) is 70.2 Å². The van der Waals surface area contributed by atoms with E-state index < -0.39 is 0 Å². The van der Waals surface area contributed by atoms with Crippen molar-refractivity contribution in [2.75, 3.05) is 16.8 Å². The molecule has 0 spiro atoms. The van der Waals surface area contributed by atoms with Crippen molar-refractivity contribution in [3.8, 4) is 5.75 Å². The van der Waals surface area contributed by atoms with Crippen LogP contribution < -0.4 is 15.0 Å². The summed E-state index contributed by atoms with van der Waals surface area (Å²) in [5.74, 6) is 0.538. The Labute approximate surface area is 161 Å². The Balaban J connectivity index is 2.02. The van der Waals surface area contributed by atoms with Gasteiger partial charge in [-0.05, 0) is 63.1 Å². The molecular weight excluding hydrogens is 340 g/mol. The molecule has 144 valence electrons. The summed E-state index contributed by atoms with van der Waals surface area (Å²) in [6, 6.07) is 13.2. The molecule has 2 aromatic carbocycles. The van der Waals surface area contributed by atoms with Crippen molar-refractivity contribution in [1.29, 1.82) is 0 Å². The lowest BCUT2D eigenvalue weighted by atomic mass is 10.1. The fraction of sp³-hybridized carbons (Fsp3) is 0.364. The van der Waals surface area contributed by atoms with Crippen LogP contribution in [-0.4, -0.2) is 24.5 Å². The number of amides is 2. The molecule has 27 heavy (non-hydrogen) atoms. The van der Waals surface area contributed by atoms with Gasteiger partial charge < -0.3 is 15.0 Å². The molecule has 0 saturated heterocycles. The maximum Gasteiger partial charge on any atom is 0.226 e. The molecule has 2 amide bonds. The third kappa shape index (κ3) is 5.84. The van der Waals surface area contributed by atoms with Crippen LogP contribution in [0.3, 0.4) is 0 Å². The Morgan fingerprint density at radius 2 is 1.63 bits per heavy atom. The Morgan fingerprint density at radius 3 is 2.15 bits per heavy atom. The lowest BCUT2D eigenvalue weighted by molar-refractivity contribution is -0.117. The molecular formula is C22H28N2O3. The smallest absolute Gasteiger partial charge is 0.226 e. The highest BCUT2D eigenvalue weighted by molar-refractivity contribution is 5.95. The Hall–Kier alpha value is -2.82. The summed E-state index contributed by atoms with van der Waals surface area (Å²) in [5, 5.41) is 2.96. The molecule has 0 aliphatic rings. The van der Waals surface area contributed by atoms with Gasteiger partial charge in [0.25, 0.3) is 0 Å². The van der Waals surface area contributed by atoms with Gasteiger partial charge >= 0.3 is 0 Å². The highest BCUT2D eigenvalue weighted by atomic mass is 16.5. The minimum absolute atomic E-state index is 0.0911. The van der Waals surface area contributed by atoms with E-state index in [0.29, 0.717) is 6.54 Å². The average Bonchev–Trinajstić information content (AvgIpc) is 2.59. The summed E-state index contributed by atoms with van der Waals surface area (Å²) in [7, 11) is 0. The summed E-state index contributed by atoms with van der Waals surface area (Å²) in [6.07, 6.45) is 0.311. The zero-order valence-corrected chi connectivity index (χ0v) is 16.7. The van der Waals surface area contributed by atoms with Gasteiger partial charge in [-0.3, -0.25) is 9.59 Å². The van der Waals surface area contributed by atoms with E-state index in [2.05, 4.69) is 5.32 Å². The number of carbonyl (C=O) groups is 2. The standard InChI is InChI=1S/C22H28N2O3/c1-15(2)27-20-11-9-19(10-12-20)24(18(5)25)14-13-21(26)23-22-16(3)7-6-8-17(22)4/h6-12,15H,13-14H2,1-5H3,(H,23,26). The number of para-hydroxylation sites is 1. The third-order valence-electron chi connectivity index (χ3n) is 4.21. The van der Waals surface area contributed by atoms with E-state index in [4.69, 9.17) is 4.74 Å². The third-order valence-corrected chi connectivity index (χ3v) is 4.21. The lowest BCUT2D eigenvalue weighted by Crippen LogP contribution is -2.32. The number of benzene rings is 2. The van der Waals surface area contributed by atoms with Gasteiger partial charge in [-0.2, -0.15) is 0 Å². The van der Waals surface area contributed by atoms with Gasteiger partial charge in [0.2, 0.25) is 11.8 Å². The highest BCUT2D eigenvalue weighted by Gasteiger charge is 2.15. The second kappa shape index (κ2) is 9.21. The second-order valence-corrected chi connectivity index (χ2v) is 6.90. The van der Waals surface area contributed by atoms with Gasteiger partial charge in [-0.15, -0.1) is 0 Å². The molecule has 0 aromatic heterocycles. The average molecular weight is 368 g/mol. The highest BCUT2D eigenvalue weighted by Crippen LogP contribution is 2.22. The summed E-state index contributed by atoms with van der Waals surface area (Å²) < 4.78 is 5.63. The van der Waals surface area contributed by atoms with Crippen LogP contribution in [0, 0.1) is 13.8 Å². The predicted octanol–water partition coefficient (Wildman–Crippen LogP) is 4.47. The summed E-state index contributed by atoms with van der Waals surface area (Å²) in [4.78, 5) is 26.0. The first kappa shape index (κ1) is 20.5. The number of nitrogens with zero attached hydrogens (tertiary/aromatic N) is 1. The zero-order chi connectivity index (χ0) is 20.0. The van der Waals surface area contributed by atoms with E-state index in [1.54, 1.807) is 4.90 Å². The molecule has 0 fully saturated rings. The first-order chi connectivity index (χ1) is 12.8. The number of hydrogen-bond acceptors (Lipinski definition) is 3. The molecule has 5 nitrogen and oxygen atoms in total.